The molecule has 0 spiro atoms. The Balaban J connectivity index is 2.47. The zero-order chi connectivity index (χ0) is 8.43. The molecule has 1 N–H and O–H groups in total. The fourth-order valence-corrected chi connectivity index (χ4v) is 1.77. The zero-order valence-electron chi connectivity index (χ0n) is 8.09. The summed E-state index contributed by atoms with van der Waals surface area (Å²) < 4.78 is 0. The minimum absolute atomic E-state index is 0.661. The van der Waals surface area contributed by atoms with Gasteiger partial charge in [-0.05, 0) is 27.7 Å². The van der Waals surface area contributed by atoms with E-state index in [0.717, 1.165) is 6.54 Å². The smallest absolute Gasteiger partial charge is 0.0195 e. The van der Waals surface area contributed by atoms with Gasteiger partial charge in [-0.15, -0.1) is 0 Å². The fraction of sp³-hybridized carbons (Fsp3) is 1.00. The van der Waals surface area contributed by atoms with Crippen LogP contribution in [0.25, 0.3) is 0 Å². The second-order valence-corrected chi connectivity index (χ2v) is 3.95. The van der Waals surface area contributed by atoms with Crippen molar-refractivity contribution in [2.75, 3.05) is 13.1 Å². The van der Waals surface area contributed by atoms with E-state index in [-0.39, 0.29) is 0 Å². The Bertz CT molecular complexity index is 123. The molecule has 0 bridgehead atoms. The number of nitrogens with zero attached hydrogens (tertiary/aromatic N) is 1. The normalized spacial score (nSPS) is 34.6. The van der Waals surface area contributed by atoms with Crippen molar-refractivity contribution in [3.05, 3.63) is 0 Å². The van der Waals surface area contributed by atoms with Crippen molar-refractivity contribution >= 4 is 0 Å². The van der Waals surface area contributed by atoms with Crippen LogP contribution in [0, 0.1) is 0 Å². The van der Waals surface area contributed by atoms with E-state index >= 15 is 0 Å². The second-order valence-electron chi connectivity index (χ2n) is 3.95. The molecule has 1 rings (SSSR count). The van der Waals surface area contributed by atoms with Crippen LogP contribution in [0.4, 0.5) is 0 Å². The van der Waals surface area contributed by atoms with Crippen LogP contribution < -0.4 is 5.32 Å². The maximum absolute atomic E-state index is 3.47. The quantitative estimate of drug-likeness (QED) is 0.611. The van der Waals surface area contributed by atoms with E-state index in [1.54, 1.807) is 0 Å². The van der Waals surface area contributed by atoms with Crippen molar-refractivity contribution in [3.63, 3.8) is 0 Å². The third kappa shape index (κ3) is 2.17. The molecule has 0 amide bonds. The van der Waals surface area contributed by atoms with Crippen LogP contribution in [-0.4, -0.2) is 36.1 Å². The number of piperazine rings is 1. The summed E-state index contributed by atoms with van der Waals surface area (Å²) >= 11 is 0. The minimum Gasteiger partial charge on any atom is -0.311 e. The van der Waals surface area contributed by atoms with E-state index in [9.17, 15) is 0 Å². The summed E-state index contributed by atoms with van der Waals surface area (Å²) in [5, 5.41) is 3.47. The molecule has 0 saturated carbocycles. The van der Waals surface area contributed by atoms with E-state index < -0.39 is 0 Å². The van der Waals surface area contributed by atoms with Crippen molar-refractivity contribution in [1.82, 2.24) is 10.2 Å². The van der Waals surface area contributed by atoms with Crippen LogP contribution >= 0.6 is 0 Å². The van der Waals surface area contributed by atoms with Crippen molar-refractivity contribution in [1.29, 1.82) is 0 Å². The SMILES string of the molecule is CC1CN(C(C)C)C(C)CN1. The van der Waals surface area contributed by atoms with Gasteiger partial charge >= 0.3 is 0 Å². The van der Waals surface area contributed by atoms with Gasteiger partial charge in [-0.3, -0.25) is 4.90 Å². The molecular weight excluding hydrogens is 136 g/mol. The summed E-state index contributed by atoms with van der Waals surface area (Å²) in [7, 11) is 0. The first kappa shape index (κ1) is 9.01. The van der Waals surface area contributed by atoms with Crippen molar-refractivity contribution < 1.29 is 0 Å². The standard InChI is InChI=1S/C9H20N2/c1-7(2)11-6-8(3)10-5-9(11)4/h7-10H,5-6H2,1-4H3. The molecule has 0 aromatic heterocycles. The molecular formula is C9H20N2. The maximum atomic E-state index is 3.47. The van der Waals surface area contributed by atoms with E-state index in [4.69, 9.17) is 0 Å². The summed E-state index contributed by atoms with van der Waals surface area (Å²) in [5.41, 5.74) is 0. The van der Waals surface area contributed by atoms with Gasteiger partial charge in [-0.1, -0.05) is 0 Å². The maximum Gasteiger partial charge on any atom is 0.0195 e. The predicted octanol–water partition coefficient (Wildman–Crippen LogP) is 1.08. The van der Waals surface area contributed by atoms with Crippen LogP contribution in [0.1, 0.15) is 27.7 Å². The lowest BCUT2D eigenvalue weighted by molar-refractivity contribution is 0.112. The number of hydrogen-bond acceptors (Lipinski definition) is 2. The fourth-order valence-electron chi connectivity index (χ4n) is 1.77. The highest BCUT2D eigenvalue weighted by Gasteiger charge is 2.23. The van der Waals surface area contributed by atoms with Gasteiger partial charge in [0.1, 0.15) is 0 Å². The average molecular weight is 156 g/mol. The average Bonchev–Trinajstić information content (AvgIpc) is 1.94. The molecule has 2 atom stereocenters. The molecule has 2 nitrogen and oxygen atoms in total. The first-order chi connectivity index (χ1) is 5.11. The van der Waals surface area contributed by atoms with Crippen LogP contribution in [0.2, 0.25) is 0 Å². The summed E-state index contributed by atoms with van der Waals surface area (Å²) in [6, 6.07) is 2.05. The summed E-state index contributed by atoms with van der Waals surface area (Å²) in [5.74, 6) is 0. The topological polar surface area (TPSA) is 15.3 Å². The molecule has 11 heavy (non-hydrogen) atoms. The lowest BCUT2D eigenvalue weighted by Gasteiger charge is -2.40. The van der Waals surface area contributed by atoms with E-state index in [1.807, 2.05) is 0 Å². The molecule has 2 heteroatoms. The molecule has 1 fully saturated rings. The third-order valence-corrected chi connectivity index (χ3v) is 2.48. The molecule has 66 valence electrons. The van der Waals surface area contributed by atoms with Crippen molar-refractivity contribution in [2.24, 2.45) is 0 Å². The zero-order valence-corrected chi connectivity index (χ0v) is 8.09. The highest BCUT2D eigenvalue weighted by atomic mass is 15.2. The van der Waals surface area contributed by atoms with Crippen LogP contribution in [-0.2, 0) is 0 Å². The van der Waals surface area contributed by atoms with Gasteiger partial charge in [-0.25, -0.2) is 0 Å². The van der Waals surface area contributed by atoms with Gasteiger partial charge in [0.05, 0.1) is 0 Å². The van der Waals surface area contributed by atoms with Gasteiger partial charge in [-0.2, -0.15) is 0 Å². The van der Waals surface area contributed by atoms with Gasteiger partial charge in [0.2, 0.25) is 0 Å². The summed E-state index contributed by atoms with van der Waals surface area (Å²) in [6.45, 7) is 11.4. The highest BCUT2D eigenvalue weighted by Crippen LogP contribution is 2.09. The number of rotatable bonds is 1. The summed E-state index contributed by atoms with van der Waals surface area (Å²) in [6.07, 6.45) is 0. The monoisotopic (exact) mass is 156 g/mol. The molecule has 2 unspecified atom stereocenters. The summed E-state index contributed by atoms with van der Waals surface area (Å²) in [4.78, 5) is 2.56. The molecule has 0 aromatic rings. The lowest BCUT2D eigenvalue weighted by Crippen LogP contribution is -2.56. The first-order valence-electron chi connectivity index (χ1n) is 4.60. The Hall–Kier alpha value is -0.0800. The minimum atomic E-state index is 0.661. The number of nitrogens with one attached hydrogen (secondary N) is 1. The van der Waals surface area contributed by atoms with Crippen molar-refractivity contribution in [2.45, 2.75) is 45.8 Å². The van der Waals surface area contributed by atoms with Gasteiger partial charge in [0.25, 0.3) is 0 Å². The Labute approximate surface area is 70.0 Å². The van der Waals surface area contributed by atoms with Crippen LogP contribution in [0.15, 0.2) is 0 Å². The van der Waals surface area contributed by atoms with Gasteiger partial charge in [0.15, 0.2) is 0 Å². The Kier molecular flexibility index (Phi) is 2.90. The van der Waals surface area contributed by atoms with Crippen LogP contribution in [0.5, 0.6) is 0 Å². The molecule has 1 aliphatic heterocycles. The first-order valence-corrected chi connectivity index (χ1v) is 4.60. The highest BCUT2D eigenvalue weighted by molar-refractivity contribution is 4.82. The Morgan fingerprint density at radius 1 is 1.36 bits per heavy atom. The van der Waals surface area contributed by atoms with E-state index in [1.165, 1.54) is 6.54 Å². The van der Waals surface area contributed by atoms with Crippen LogP contribution in [0.3, 0.4) is 0 Å². The van der Waals surface area contributed by atoms with Gasteiger partial charge < -0.3 is 5.32 Å². The van der Waals surface area contributed by atoms with E-state index in [0.29, 0.717) is 18.1 Å². The third-order valence-electron chi connectivity index (χ3n) is 2.48. The van der Waals surface area contributed by atoms with Crippen molar-refractivity contribution in [3.8, 4) is 0 Å². The second kappa shape index (κ2) is 3.55. The largest absolute Gasteiger partial charge is 0.311 e. The molecule has 0 aromatic carbocycles. The Morgan fingerprint density at radius 3 is 2.45 bits per heavy atom. The molecule has 1 saturated heterocycles. The van der Waals surface area contributed by atoms with Gasteiger partial charge in [0, 0.05) is 31.2 Å². The molecule has 0 aliphatic carbocycles. The lowest BCUT2D eigenvalue weighted by atomic mass is 10.1. The van der Waals surface area contributed by atoms with E-state index in [2.05, 4.69) is 37.9 Å². The number of hydrogen-bond donors (Lipinski definition) is 1. The predicted molar refractivity (Wildman–Crippen MR) is 48.8 cm³/mol. The molecule has 1 heterocycles. The Morgan fingerprint density at radius 2 is 2.00 bits per heavy atom. The molecule has 1 aliphatic rings. The molecule has 0 radical (unpaired) electrons.